The Hall–Kier alpha value is -2.48. The fourth-order valence-electron chi connectivity index (χ4n) is 2.99. The van der Waals surface area contributed by atoms with Crippen molar-refractivity contribution in [2.75, 3.05) is 13.2 Å². The molecule has 0 saturated carbocycles. The van der Waals surface area contributed by atoms with Gasteiger partial charge in [-0.3, -0.25) is 0 Å². The second-order valence-electron chi connectivity index (χ2n) is 5.78. The Balaban J connectivity index is 1.53. The second-order valence-corrected chi connectivity index (χ2v) is 5.78. The lowest BCUT2D eigenvalue weighted by Crippen LogP contribution is -1.97. The van der Waals surface area contributed by atoms with Crippen molar-refractivity contribution in [3.63, 3.8) is 0 Å². The molecule has 2 atom stereocenters. The van der Waals surface area contributed by atoms with Gasteiger partial charge >= 0.3 is 0 Å². The SMILES string of the molecule is C1=CC(c2ccc(-c3ccc(C4C=COC4)cc3)cc2)CO1. The molecule has 0 aliphatic carbocycles. The number of hydrogen-bond donors (Lipinski definition) is 0. The highest BCUT2D eigenvalue weighted by Crippen LogP contribution is 2.28. The van der Waals surface area contributed by atoms with Crippen molar-refractivity contribution in [1.82, 2.24) is 0 Å². The topological polar surface area (TPSA) is 18.5 Å². The zero-order chi connectivity index (χ0) is 14.8. The Morgan fingerprint density at radius 2 is 1.00 bits per heavy atom. The first-order valence-electron chi connectivity index (χ1n) is 7.67. The Kier molecular flexibility index (Phi) is 3.43. The molecule has 22 heavy (non-hydrogen) atoms. The normalized spacial score (nSPS) is 22.5. The Morgan fingerprint density at radius 3 is 1.32 bits per heavy atom. The van der Waals surface area contributed by atoms with Crippen LogP contribution in [0.25, 0.3) is 11.1 Å². The smallest absolute Gasteiger partial charge is 0.0977 e. The minimum Gasteiger partial charge on any atom is -0.501 e. The zero-order valence-electron chi connectivity index (χ0n) is 12.3. The van der Waals surface area contributed by atoms with E-state index in [4.69, 9.17) is 9.47 Å². The summed E-state index contributed by atoms with van der Waals surface area (Å²) in [6.07, 6.45) is 7.80. The first-order valence-corrected chi connectivity index (χ1v) is 7.67. The van der Waals surface area contributed by atoms with Crippen LogP contribution in [0, 0.1) is 0 Å². The van der Waals surface area contributed by atoms with Gasteiger partial charge in [-0.25, -0.2) is 0 Å². The van der Waals surface area contributed by atoms with E-state index < -0.39 is 0 Å². The first-order chi connectivity index (χ1) is 10.9. The molecule has 0 N–H and O–H groups in total. The molecule has 2 heterocycles. The van der Waals surface area contributed by atoms with E-state index in [1.54, 1.807) is 12.5 Å². The van der Waals surface area contributed by atoms with Crippen molar-refractivity contribution in [3.05, 3.63) is 84.3 Å². The van der Waals surface area contributed by atoms with Gasteiger partial charge < -0.3 is 9.47 Å². The lowest BCUT2D eigenvalue weighted by atomic mass is 9.95. The van der Waals surface area contributed by atoms with E-state index in [-0.39, 0.29) is 0 Å². The minimum absolute atomic E-state index is 0.394. The lowest BCUT2D eigenvalue weighted by Gasteiger charge is -2.10. The summed E-state index contributed by atoms with van der Waals surface area (Å²) in [7, 11) is 0. The third-order valence-electron chi connectivity index (χ3n) is 4.38. The molecule has 2 unspecified atom stereocenters. The van der Waals surface area contributed by atoms with Gasteiger partial charge in [0.15, 0.2) is 0 Å². The molecule has 2 aliphatic heterocycles. The summed E-state index contributed by atoms with van der Waals surface area (Å²) in [6, 6.07) is 17.5. The molecular formula is C20H18O2. The van der Waals surface area contributed by atoms with E-state index >= 15 is 0 Å². The summed E-state index contributed by atoms with van der Waals surface area (Å²) in [4.78, 5) is 0. The molecule has 0 saturated heterocycles. The molecule has 2 aromatic carbocycles. The van der Waals surface area contributed by atoms with Crippen LogP contribution in [0.1, 0.15) is 23.0 Å². The highest BCUT2D eigenvalue weighted by atomic mass is 16.5. The first kappa shape index (κ1) is 13.2. The molecule has 0 aromatic heterocycles. The molecule has 0 bridgehead atoms. The molecule has 0 fully saturated rings. The molecule has 2 aromatic rings. The maximum Gasteiger partial charge on any atom is 0.0977 e. The Bertz CT molecular complexity index is 632. The maximum absolute atomic E-state index is 5.29. The van der Waals surface area contributed by atoms with E-state index in [2.05, 4.69) is 60.7 Å². The van der Waals surface area contributed by atoms with Crippen LogP contribution in [0.4, 0.5) is 0 Å². The summed E-state index contributed by atoms with van der Waals surface area (Å²) >= 11 is 0. The number of benzene rings is 2. The van der Waals surface area contributed by atoms with Gasteiger partial charge in [0, 0.05) is 11.8 Å². The highest BCUT2D eigenvalue weighted by molar-refractivity contribution is 5.64. The average Bonchev–Trinajstić information content (AvgIpc) is 3.29. The fraction of sp³-hybridized carbons (Fsp3) is 0.200. The Morgan fingerprint density at radius 1 is 0.591 bits per heavy atom. The number of rotatable bonds is 3. The quantitative estimate of drug-likeness (QED) is 0.822. The predicted octanol–water partition coefficient (Wildman–Crippen LogP) is 4.61. The Labute approximate surface area is 130 Å². The summed E-state index contributed by atoms with van der Waals surface area (Å²) in [5, 5.41) is 0. The van der Waals surface area contributed by atoms with E-state index in [0.717, 1.165) is 13.2 Å². The van der Waals surface area contributed by atoms with Gasteiger partial charge in [0.25, 0.3) is 0 Å². The third-order valence-corrected chi connectivity index (χ3v) is 4.38. The van der Waals surface area contributed by atoms with Gasteiger partial charge in [0.05, 0.1) is 25.7 Å². The van der Waals surface area contributed by atoms with Crippen LogP contribution in [0.3, 0.4) is 0 Å². The van der Waals surface area contributed by atoms with Crippen LogP contribution in [-0.4, -0.2) is 13.2 Å². The summed E-state index contributed by atoms with van der Waals surface area (Å²) in [5.41, 5.74) is 5.11. The van der Waals surface area contributed by atoms with Crippen LogP contribution in [-0.2, 0) is 9.47 Å². The molecule has 2 aliphatic rings. The molecule has 110 valence electrons. The van der Waals surface area contributed by atoms with Crippen molar-refractivity contribution < 1.29 is 9.47 Å². The highest BCUT2D eigenvalue weighted by Gasteiger charge is 2.14. The van der Waals surface area contributed by atoms with Crippen LogP contribution < -0.4 is 0 Å². The summed E-state index contributed by atoms with van der Waals surface area (Å²) in [5.74, 6) is 0.788. The van der Waals surface area contributed by atoms with E-state index in [0.29, 0.717) is 11.8 Å². The minimum atomic E-state index is 0.394. The van der Waals surface area contributed by atoms with Gasteiger partial charge in [-0.15, -0.1) is 0 Å². The largest absolute Gasteiger partial charge is 0.501 e. The third kappa shape index (κ3) is 2.52. The van der Waals surface area contributed by atoms with Gasteiger partial charge in [0.2, 0.25) is 0 Å². The van der Waals surface area contributed by atoms with Crippen LogP contribution in [0.15, 0.2) is 73.2 Å². The molecular weight excluding hydrogens is 272 g/mol. The van der Waals surface area contributed by atoms with Crippen LogP contribution in [0.2, 0.25) is 0 Å². The monoisotopic (exact) mass is 290 g/mol. The van der Waals surface area contributed by atoms with Crippen molar-refractivity contribution >= 4 is 0 Å². The lowest BCUT2D eigenvalue weighted by molar-refractivity contribution is 0.269. The second kappa shape index (κ2) is 5.72. The van der Waals surface area contributed by atoms with Crippen LogP contribution in [0.5, 0.6) is 0 Å². The van der Waals surface area contributed by atoms with E-state index in [1.807, 2.05) is 0 Å². The summed E-state index contributed by atoms with van der Waals surface area (Å²) < 4.78 is 10.6. The molecule has 2 heteroatoms. The van der Waals surface area contributed by atoms with Crippen molar-refractivity contribution in [3.8, 4) is 11.1 Å². The number of ether oxygens (including phenoxy) is 2. The predicted molar refractivity (Wildman–Crippen MR) is 87.5 cm³/mol. The van der Waals surface area contributed by atoms with E-state index in [9.17, 15) is 0 Å². The standard InChI is InChI=1S/C20H18O2/c1-5-17(19-9-11-21-13-19)6-2-15(1)16-3-7-18(8-4-16)20-10-12-22-14-20/h1-12,19-20H,13-14H2. The van der Waals surface area contributed by atoms with Gasteiger partial charge in [0.1, 0.15) is 0 Å². The zero-order valence-corrected chi connectivity index (χ0v) is 12.3. The van der Waals surface area contributed by atoms with Crippen LogP contribution >= 0.6 is 0 Å². The van der Waals surface area contributed by atoms with Crippen molar-refractivity contribution in [1.29, 1.82) is 0 Å². The molecule has 0 radical (unpaired) electrons. The van der Waals surface area contributed by atoms with E-state index in [1.165, 1.54) is 22.3 Å². The molecule has 0 amide bonds. The number of hydrogen-bond acceptors (Lipinski definition) is 2. The molecule has 4 rings (SSSR count). The van der Waals surface area contributed by atoms with Gasteiger partial charge in [-0.05, 0) is 34.4 Å². The van der Waals surface area contributed by atoms with Gasteiger partial charge in [-0.2, -0.15) is 0 Å². The van der Waals surface area contributed by atoms with Crippen molar-refractivity contribution in [2.24, 2.45) is 0 Å². The summed E-state index contributed by atoms with van der Waals surface area (Å²) in [6.45, 7) is 1.51. The van der Waals surface area contributed by atoms with Gasteiger partial charge in [-0.1, -0.05) is 48.5 Å². The maximum atomic E-state index is 5.29. The van der Waals surface area contributed by atoms with Crippen molar-refractivity contribution in [2.45, 2.75) is 11.8 Å². The molecule has 2 nitrogen and oxygen atoms in total. The fourth-order valence-corrected chi connectivity index (χ4v) is 2.99. The average molecular weight is 290 g/mol. The molecule has 0 spiro atoms.